The zero-order valence-electron chi connectivity index (χ0n) is 6.43. The fourth-order valence-electron chi connectivity index (χ4n) is 0.620. The van der Waals surface area contributed by atoms with Crippen LogP contribution in [0.5, 0.6) is 0 Å². The van der Waals surface area contributed by atoms with E-state index in [1.54, 1.807) is 12.1 Å². The van der Waals surface area contributed by atoms with Gasteiger partial charge < -0.3 is 5.73 Å². The first kappa shape index (κ1) is 11.0. The van der Waals surface area contributed by atoms with Crippen molar-refractivity contribution < 1.29 is 13.2 Å². The van der Waals surface area contributed by atoms with E-state index in [-0.39, 0.29) is 5.82 Å². The van der Waals surface area contributed by atoms with Crippen molar-refractivity contribution in [3.05, 3.63) is 35.6 Å². The lowest BCUT2D eigenvalue weighted by molar-refractivity contribution is 0.295. The third kappa shape index (κ3) is 4.73. The van der Waals surface area contributed by atoms with Gasteiger partial charge in [0.2, 0.25) is 6.93 Å². The lowest BCUT2D eigenvalue weighted by Crippen LogP contribution is -1.94. The van der Waals surface area contributed by atoms with Crippen LogP contribution in [0.4, 0.5) is 13.2 Å². The summed E-state index contributed by atoms with van der Waals surface area (Å²) in [4.78, 5) is 0. The standard InChI is InChI=1S/C7H8FN.CH2F2/c8-7-3-1-6(5-9)2-4-7;2-1-3/h1-4H,5,9H2;1H2. The number of hydrogen-bond acceptors (Lipinski definition) is 1. The third-order valence-corrected chi connectivity index (χ3v) is 1.15. The second-order valence-corrected chi connectivity index (χ2v) is 1.93. The van der Waals surface area contributed by atoms with Crippen molar-refractivity contribution in [2.75, 3.05) is 6.93 Å². The normalized spacial score (nSPS) is 8.67. The molecule has 0 saturated carbocycles. The predicted molar refractivity (Wildman–Crippen MR) is 41.4 cm³/mol. The van der Waals surface area contributed by atoms with Gasteiger partial charge in [0, 0.05) is 6.54 Å². The quantitative estimate of drug-likeness (QED) is 0.698. The van der Waals surface area contributed by atoms with E-state index >= 15 is 0 Å². The molecule has 0 aromatic heterocycles. The molecule has 0 bridgehead atoms. The SMILES string of the molecule is FCF.NCc1ccc(F)cc1. The van der Waals surface area contributed by atoms with E-state index in [2.05, 4.69) is 0 Å². The Labute approximate surface area is 69.0 Å². The molecule has 0 atom stereocenters. The van der Waals surface area contributed by atoms with E-state index in [1.807, 2.05) is 0 Å². The van der Waals surface area contributed by atoms with Crippen molar-refractivity contribution in [3.8, 4) is 0 Å². The molecule has 1 aromatic carbocycles. The molecule has 1 rings (SSSR count). The second kappa shape index (κ2) is 6.67. The van der Waals surface area contributed by atoms with Crippen LogP contribution in [0.15, 0.2) is 24.3 Å². The summed E-state index contributed by atoms with van der Waals surface area (Å²) in [7, 11) is 0. The molecule has 0 aliphatic heterocycles. The summed E-state index contributed by atoms with van der Waals surface area (Å²) in [5, 5.41) is 0. The first-order valence-corrected chi connectivity index (χ1v) is 3.31. The first-order valence-electron chi connectivity index (χ1n) is 3.31. The van der Waals surface area contributed by atoms with Crippen LogP contribution < -0.4 is 5.73 Å². The van der Waals surface area contributed by atoms with Gasteiger partial charge in [0.25, 0.3) is 0 Å². The maximum Gasteiger partial charge on any atom is 0.229 e. The van der Waals surface area contributed by atoms with Crippen molar-refractivity contribution in [1.82, 2.24) is 0 Å². The van der Waals surface area contributed by atoms with Crippen LogP contribution in [-0.2, 0) is 6.54 Å². The summed E-state index contributed by atoms with van der Waals surface area (Å²) in [6.45, 7) is -1.28. The molecule has 4 heteroatoms. The van der Waals surface area contributed by atoms with Gasteiger partial charge in [-0.3, -0.25) is 0 Å². The van der Waals surface area contributed by atoms with Crippen molar-refractivity contribution in [1.29, 1.82) is 0 Å². The van der Waals surface area contributed by atoms with Gasteiger partial charge in [0.05, 0.1) is 0 Å². The van der Waals surface area contributed by atoms with Gasteiger partial charge >= 0.3 is 0 Å². The fourth-order valence-corrected chi connectivity index (χ4v) is 0.620. The minimum atomic E-state index is -1.75. The zero-order chi connectivity index (χ0) is 9.40. The number of halogens is 3. The van der Waals surface area contributed by atoms with E-state index < -0.39 is 6.93 Å². The van der Waals surface area contributed by atoms with Gasteiger partial charge in [0.1, 0.15) is 5.82 Å². The summed E-state index contributed by atoms with van der Waals surface area (Å²) in [6.07, 6.45) is 0. The summed E-state index contributed by atoms with van der Waals surface area (Å²) < 4.78 is 31.4. The van der Waals surface area contributed by atoms with E-state index in [0.717, 1.165) is 5.56 Å². The Kier molecular flexibility index (Phi) is 6.09. The highest BCUT2D eigenvalue weighted by Gasteiger charge is 1.87. The fraction of sp³-hybridized carbons (Fsp3) is 0.250. The monoisotopic (exact) mass is 177 g/mol. The van der Waals surface area contributed by atoms with Gasteiger partial charge in [-0.25, -0.2) is 13.2 Å². The second-order valence-electron chi connectivity index (χ2n) is 1.93. The summed E-state index contributed by atoms with van der Waals surface area (Å²) in [6, 6.07) is 6.16. The van der Waals surface area contributed by atoms with Crippen molar-refractivity contribution in [3.63, 3.8) is 0 Å². The van der Waals surface area contributed by atoms with Gasteiger partial charge in [-0.15, -0.1) is 0 Å². The van der Waals surface area contributed by atoms with E-state index in [1.165, 1.54) is 12.1 Å². The predicted octanol–water partition coefficient (Wildman–Crippen LogP) is 2.17. The van der Waals surface area contributed by atoms with Crippen molar-refractivity contribution in [2.24, 2.45) is 5.73 Å². The van der Waals surface area contributed by atoms with Crippen LogP contribution >= 0.6 is 0 Å². The average molecular weight is 177 g/mol. The molecule has 68 valence electrons. The highest BCUT2D eigenvalue weighted by molar-refractivity contribution is 5.15. The highest BCUT2D eigenvalue weighted by atomic mass is 19.3. The smallest absolute Gasteiger partial charge is 0.229 e. The zero-order valence-corrected chi connectivity index (χ0v) is 6.43. The van der Waals surface area contributed by atoms with E-state index in [9.17, 15) is 13.2 Å². The molecular formula is C8H10F3N. The molecule has 0 unspecified atom stereocenters. The topological polar surface area (TPSA) is 26.0 Å². The molecule has 0 spiro atoms. The molecule has 12 heavy (non-hydrogen) atoms. The molecule has 0 heterocycles. The third-order valence-electron chi connectivity index (χ3n) is 1.15. The number of rotatable bonds is 1. The average Bonchev–Trinajstić information content (AvgIpc) is 2.07. The van der Waals surface area contributed by atoms with Crippen LogP contribution in [0.2, 0.25) is 0 Å². The summed E-state index contributed by atoms with van der Waals surface area (Å²) in [5.41, 5.74) is 6.23. The highest BCUT2D eigenvalue weighted by Crippen LogP contribution is 2.00. The summed E-state index contributed by atoms with van der Waals surface area (Å²) >= 11 is 0. The Morgan fingerprint density at radius 3 is 1.83 bits per heavy atom. The number of benzene rings is 1. The molecule has 0 saturated heterocycles. The number of nitrogens with two attached hydrogens (primary N) is 1. The first-order chi connectivity index (χ1) is 5.74. The largest absolute Gasteiger partial charge is 0.326 e. The van der Waals surface area contributed by atoms with Crippen LogP contribution in [0.25, 0.3) is 0 Å². The molecule has 1 nitrogen and oxygen atoms in total. The molecule has 0 aliphatic carbocycles. The Bertz CT molecular complexity index is 198. The molecule has 2 N–H and O–H groups in total. The summed E-state index contributed by atoms with van der Waals surface area (Å²) in [5.74, 6) is -0.216. The number of alkyl halides is 2. The maximum atomic E-state index is 12.2. The Hall–Kier alpha value is -1.03. The van der Waals surface area contributed by atoms with Gasteiger partial charge in [0.15, 0.2) is 0 Å². The minimum absolute atomic E-state index is 0.216. The van der Waals surface area contributed by atoms with Gasteiger partial charge in [-0.2, -0.15) is 0 Å². The van der Waals surface area contributed by atoms with E-state index in [0.29, 0.717) is 6.54 Å². The van der Waals surface area contributed by atoms with Gasteiger partial charge in [-0.05, 0) is 17.7 Å². The van der Waals surface area contributed by atoms with E-state index in [4.69, 9.17) is 5.73 Å². The molecule has 0 fully saturated rings. The van der Waals surface area contributed by atoms with Crippen molar-refractivity contribution >= 4 is 0 Å². The van der Waals surface area contributed by atoms with Crippen molar-refractivity contribution in [2.45, 2.75) is 6.54 Å². The lowest BCUT2D eigenvalue weighted by atomic mass is 10.2. The molecular weight excluding hydrogens is 167 g/mol. The Balaban J connectivity index is 0.000000354. The molecule has 0 aliphatic rings. The molecule has 1 aromatic rings. The molecule has 0 amide bonds. The van der Waals surface area contributed by atoms with Crippen LogP contribution in [-0.4, -0.2) is 6.93 Å². The maximum absolute atomic E-state index is 12.2. The van der Waals surface area contributed by atoms with Gasteiger partial charge in [-0.1, -0.05) is 12.1 Å². The van der Waals surface area contributed by atoms with Crippen LogP contribution in [0, 0.1) is 5.82 Å². The Morgan fingerprint density at radius 1 is 1.08 bits per heavy atom. The minimum Gasteiger partial charge on any atom is -0.326 e. The molecule has 0 radical (unpaired) electrons. The van der Waals surface area contributed by atoms with Crippen LogP contribution in [0.3, 0.4) is 0 Å². The Morgan fingerprint density at radius 2 is 1.50 bits per heavy atom. The van der Waals surface area contributed by atoms with Crippen LogP contribution in [0.1, 0.15) is 5.56 Å². The lowest BCUT2D eigenvalue weighted by Gasteiger charge is -1.92. The number of hydrogen-bond donors (Lipinski definition) is 1.